The van der Waals surface area contributed by atoms with Crippen LogP contribution in [-0.2, 0) is 29.2 Å². The first-order chi connectivity index (χ1) is 12.7. The monoisotopic (exact) mass is 432 g/mol. The van der Waals surface area contributed by atoms with Gasteiger partial charge in [0.1, 0.15) is 11.6 Å². The maximum Gasteiger partial charge on any atom is 0.534 e. The first kappa shape index (κ1) is 22.1. The molecule has 0 saturated heterocycles. The molecule has 0 aromatic heterocycles. The van der Waals surface area contributed by atoms with Crippen molar-refractivity contribution in [3.8, 4) is 0 Å². The number of hydrogen-bond acceptors (Lipinski definition) is 5. The average molecular weight is 432 g/mol. The fourth-order valence-electron chi connectivity index (χ4n) is 2.98. The summed E-state index contributed by atoms with van der Waals surface area (Å²) in [6.45, 7) is 1.19. The fourth-order valence-corrected chi connectivity index (χ4v) is 3.50. The summed E-state index contributed by atoms with van der Waals surface area (Å²) in [7, 11) is -5.25. The van der Waals surface area contributed by atoms with E-state index in [0.29, 0.717) is 12.1 Å². The number of esters is 1. The van der Waals surface area contributed by atoms with Crippen LogP contribution in [0.1, 0.15) is 31.7 Å². The summed E-state index contributed by atoms with van der Waals surface area (Å²) in [4.78, 5) is 11.8. The number of alkyl halides is 3. The number of rotatable bonds is 4. The molecule has 0 aliphatic heterocycles. The van der Waals surface area contributed by atoms with Gasteiger partial charge in [-0.1, -0.05) is 6.92 Å². The van der Waals surface area contributed by atoms with E-state index in [1.54, 1.807) is 0 Å². The van der Waals surface area contributed by atoms with Crippen molar-refractivity contribution < 1.29 is 48.5 Å². The molecule has 0 amide bonds. The van der Waals surface area contributed by atoms with Crippen LogP contribution in [0.25, 0.3) is 0 Å². The number of carbonyl (C=O) groups is 1. The van der Waals surface area contributed by atoms with E-state index in [1.165, 1.54) is 6.92 Å². The maximum atomic E-state index is 14.2. The van der Waals surface area contributed by atoms with Crippen molar-refractivity contribution in [2.75, 3.05) is 7.11 Å². The van der Waals surface area contributed by atoms with E-state index >= 15 is 0 Å². The summed E-state index contributed by atoms with van der Waals surface area (Å²) in [5.74, 6) is -6.27. The maximum absolute atomic E-state index is 14.2. The molecule has 0 fully saturated rings. The Labute approximate surface area is 156 Å². The van der Waals surface area contributed by atoms with E-state index in [4.69, 9.17) is 0 Å². The quantitative estimate of drug-likeness (QED) is 0.238. The highest BCUT2D eigenvalue weighted by atomic mass is 32.2. The molecule has 0 spiro atoms. The van der Waals surface area contributed by atoms with E-state index in [0.717, 1.165) is 7.11 Å². The summed E-state index contributed by atoms with van der Waals surface area (Å²) >= 11 is 0. The number of allylic oxidation sites excluding steroid dienone is 1. The first-order valence-corrected chi connectivity index (χ1v) is 9.09. The molecule has 156 valence electrons. The molecular formula is C16H14F6O5S. The Bertz CT molecular complexity index is 938. The largest absolute Gasteiger partial charge is 0.534 e. The molecule has 1 aliphatic rings. The number of benzene rings is 1. The molecule has 2 rings (SSSR count). The third kappa shape index (κ3) is 3.96. The van der Waals surface area contributed by atoms with Gasteiger partial charge < -0.3 is 8.92 Å². The summed E-state index contributed by atoms with van der Waals surface area (Å²) in [6.07, 6.45) is -1.45. The zero-order valence-corrected chi connectivity index (χ0v) is 15.3. The van der Waals surface area contributed by atoms with Crippen LogP contribution >= 0.6 is 0 Å². The zero-order chi connectivity index (χ0) is 21.5. The second-order valence-electron chi connectivity index (χ2n) is 6.33. The molecule has 12 heteroatoms. The lowest BCUT2D eigenvalue weighted by molar-refractivity contribution is -0.136. The van der Waals surface area contributed by atoms with Gasteiger partial charge in [0.15, 0.2) is 11.6 Å². The minimum Gasteiger partial charge on any atom is -0.466 e. The molecule has 0 saturated carbocycles. The highest BCUT2D eigenvalue weighted by Crippen LogP contribution is 2.45. The van der Waals surface area contributed by atoms with Gasteiger partial charge in [0.2, 0.25) is 0 Å². The molecule has 5 nitrogen and oxygen atoms in total. The molecule has 1 aliphatic carbocycles. The molecule has 1 atom stereocenters. The Kier molecular flexibility index (Phi) is 5.75. The number of hydrogen-bond donors (Lipinski definition) is 0. The zero-order valence-electron chi connectivity index (χ0n) is 14.5. The highest BCUT2D eigenvalue weighted by molar-refractivity contribution is 7.87. The smallest absolute Gasteiger partial charge is 0.466 e. The van der Waals surface area contributed by atoms with Crippen molar-refractivity contribution in [2.24, 2.45) is 0 Å². The first-order valence-electron chi connectivity index (χ1n) is 7.68. The molecular weight excluding hydrogens is 418 g/mol. The summed E-state index contributed by atoms with van der Waals surface area (Å²) in [5.41, 5.74) is -8.80. The van der Waals surface area contributed by atoms with Crippen molar-refractivity contribution in [2.45, 2.75) is 37.1 Å². The second-order valence-corrected chi connectivity index (χ2v) is 7.87. The van der Waals surface area contributed by atoms with Gasteiger partial charge >= 0.3 is 21.6 Å². The lowest BCUT2D eigenvalue weighted by Crippen LogP contribution is -2.34. The number of methoxy groups -OCH3 is 1. The van der Waals surface area contributed by atoms with E-state index in [-0.39, 0.29) is 6.42 Å². The van der Waals surface area contributed by atoms with Gasteiger partial charge in [-0.05, 0) is 25.0 Å². The van der Waals surface area contributed by atoms with Crippen LogP contribution in [0.2, 0.25) is 0 Å². The number of ether oxygens (including phenoxy) is 1. The van der Waals surface area contributed by atoms with Gasteiger partial charge in [0, 0.05) is 17.4 Å². The van der Waals surface area contributed by atoms with Crippen LogP contribution in [-0.4, -0.2) is 27.0 Å². The second kappa shape index (κ2) is 7.30. The van der Waals surface area contributed by atoms with E-state index in [1.807, 2.05) is 0 Å². The molecule has 0 bridgehead atoms. The highest BCUT2D eigenvalue weighted by Gasteiger charge is 2.51. The third-order valence-corrected chi connectivity index (χ3v) is 5.37. The summed E-state index contributed by atoms with van der Waals surface area (Å²) < 4.78 is 111. The van der Waals surface area contributed by atoms with Crippen LogP contribution in [0, 0.1) is 17.5 Å². The van der Waals surface area contributed by atoms with Crippen LogP contribution in [0.4, 0.5) is 26.3 Å². The van der Waals surface area contributed by atoms with Gasteiger partial charge in [-0.3, -0.25) is 0 Å². The summed E-state index contributed by atoms with van der Waals surface area (Å²) in [6, 6.07) is 1.16. The lowest BCUT2D eigenvalue weighted by atomic mass is 9.70. The Morgan fingerprint density at radius 3 is 2.25 bits per heavy atom. The molecule has 0 radical (unpaired) electrons. The number of halogens is 6. The van der Waals surface area contributed by atoms with Gasteiger partial charge in [0.05, 0.1) is 12.7 Å². The van der Waals surface area contributed by atoms with Crippen LogP contribution in [0.15, 0.2) is 23.5 Å². The Morgan fingerprint density at radius 2 is 1.71 bits per heavy atom. The van der Waals surface area contributed by atoms with Gasteiger partial charge in [0.25, 0.3) is 0 Å². The Hall–Kier alpha value is -2.24. The van der Waals surface area contributed by atoms with Gasteiger partial charge in [-0.15, -0.1) is 0 Å². The van der Waals surface area contributed by atoms with Crippen molar-refractivity contribution in [1.82, 2.24) is 0 Å². The summed E-state index contributed by atoms with van der Waals surface area (Å²) in [5, 5.41) is 0. The van der Waals surface area contributed by atoms with Crippen molar-refractivity contribution in [1.29, 1.82) is 0 Å². The minimum absolute atomic E-state index is 0.215. The van der Waals surface area contributed by atoms with Crippen molar-refractivity contribution in [3.05, 3.63) is 46.5 Å². The van der Waals surface area contributed by atoms with E-state index < -0.39 is 74.2 Å². The predicted octanol–water partition coefficient (Wildman–Crippen LogP) is 3.84. The molecule has 1 aromatic carbocycles. The predicted molar refractivity (Wildman–Crippen MR) is 82.6 cm³/mol. The normalized spacial score (nSPS) is 20.9. The average Bonchev–Trinajstić information content (AvgIpc) is 2.56. The van der Waals surface area contributed by atoms with E-state index in [2.05, 4.69) is 8.92 Å². The Morgan fingerprint density at radius 1 is 1.14 bits per heavy atom. The van der Waals surface area contributed by atoms with Gasteiger partial charge in [-0.25, -0.2) is 18.0 Å². The molecule has 28 heavy (non-hydrogen) atoms. The van der Waals surface area contributed by atoms with E-state index in [9.17, 15) is 39.6 Å². The number of carbonyl (C=O) groups excluding carboxylic acids is 1. The van der Waals surface area contributed by atoms with Crippen molar-refractivity contribution in [3.63, 3.8) is 0 Å². The minimum atomic E-state index is -6.16. The Balaban J connectivity index is 2.59. The van der Waals surface area contributed by atoms with Gasteiger partial charge in [-0.2, -0.15) is 21.6 Å². The molecule has 0 N–H and O–H groups in total. The van der Waals surface area contributed by atoms with Crippen molar-refractivity contribution >= 4 is 16.1 Å². The topological polar surface area (TPSA) is 69.7 Å². The molecule has 1 aromatic rings. The third-order valence-electron chi connectivity index (χ3n) is 4.39. The fraction of sp³-hybridized carbons (Fsp3) is 0.438. The SMILES string of the molecule is COC(=O)C1=C(OS(=O)(=O)C(F)(F)F)CC(C)(c2c(F)ccc(F)c2F)CC1. The van der Waals surface area contributed by atoms with Crippen LogP contribution < -0.4 is 0 Å². The molecule has 0 heterocycles. The van der Waals surface area contributed by atoms with Crippen LogP contribution in [0.5, 0.6) is 0 Å². The lowest BCUT2D eigenvalue weighted by Gasteiger charge is -2.35. The molecule has 1 unspecified atom stereocenters. The standard InChI is InChI=1S/C16H14F6O5S/c1-15(12-9(17)3-4-10(18)13(12)19)6-5-8(14(23)26-2)11(7-15)27-28(24,25)16(20,21)22/h3-4H,5-7H2,1-2H3. The van der Waals surface area contributed by atoms with Crippen LogP contribution in [0.3, 0.4) is 0 Å².